The molecule has 0 unspecified atom stereocenters. The van der Waals surface area contributed by atoms with Crippen LogP contribution in [0.3, 0.4) is 0 Å². The Balaban J connectivity index is 0. The number of carbonyl (C=O) groups excluding carboxylic acids is 1. The van der Waals surface area contributed by atoms with Crippen LogP contribution in [0, 0.1) is 13.6 Å². The standard InChI is InChI=1S/C5H9BN2O.Y/c1-7-3-5(9)8(2)4-6;/h3,7H,1,4H2,2H3;/q-2;. The normalized spacial score (nSPS) is 7.80. The number of amides is 1. The molecule has 0 atom stereocenters. The molecule has 0 saturated carbocycles. The van der Waals surface area contributed by atoms with Crippen LogP contribution < -0.4 is 5.32 Å². The number of hydrogen-bond donors (Lipinski definition) is 1. The molecule has 1 amide bonds. The minimum Gasteiger partial charge on any atom is -0.600 e. The van der Waals surface area contributed by atoms with Gasteiger partial charge in [0.25, 0.3) is 0 Å². The molecule has 1 N–H and O–H groups in total. The molecule has 0 aliphatic rings. The van der Waals surface area contributed by atoms with Gasteiger partial charge in [0.2, 0.25) is 0 Å². The summed E-state index contributed by atoms with van der Waals surface area (Å²) >= 11 is 0. The van der Waals surface area contributed by atoms with E-state index in [1.54, 1.807) is 7.05 Å². The van der Waals surface area contributed by atoms with Gasteiger partial charge in [0.05, 0.1) is 13.8 Å². The second-order valence-corrected chi connectivity index (χ2v) is 1.57. The van der Waals surface area contributed by atoms with Crippen molar-refractivity contribution < 1.29 is 37.5 Å². The second kappa shape index (κ2) is 7.57. The Bertz CT molecular complexity index is 102. The Kier molecular flexibility index (Phi) is 9.91. The summed E-state index contributed by atoms with van der Waals surface area (Å²) in [6.45, 7) is 1.24. The number of rotatable bonds is 3. The van der Waals surface area contributed by atoms with E-state index in [-0.39, 0.29) is 45.1 Å². The molecule has 3 radical (unpaired) electrons. The zero-order chi connectivity index (χ0) is 7.28. The zero-order valence-electron chi connectivity index (χ0n) is 6.00. The van der Waals surface area contributed by atoms with E-state index in [1.807, 2.05) is 0 Å². The van der Waals surface area contributed by atoms with Crippen molar-refractivity contribution in [2.24, 2.45) is 0 Å². The van der Waals surface area contributed by atoms with Crippen LogP contribution in [0.2, 0.25) is 0 Å². The summed E-state index contributed by atoms with van der Waals surface area (Å²) in [5, 5.41) is 2.36. The van der Waals surface area contributed by atoms with Crippen LogP contribution in [0.5, 0.6) is 0 Å². The van der Waals surface area contributed by atoms with Gasteiger partial charge in [-0.05, 0) is 6.44 Å². The monoisotopic (exact) mass is 213 g/mol. The molecule has 0 aromatic carbocycles. The number of nitrogens with zero attached hydrogens (tertiary/aromatic N) is 1. The van der Waals surface area contributed by atoms with Gasteiger partial charge in [-0.2, -0.15) is 0 Å². The topological polar surface area (TPSA) is 32.3 Å². The number of hydrogen-bond acceptors (Lipinski definition) is 2. The molecule has 0 aliphatic carbocycles. The second-order valence-electron chi connectivity index (χ2n) is 1.57. The average molecular weight is 213 g/mol. The largest absolute Gasteiger partial charge is 0.600 e. The Hall–Kier alpha value is 0.469. The molecule has 5 heteroatoms. The molecule has 0 fully saturated rings. The molecule has 0 saturated heterocycles. The molecule has 10 heavy (non-hydrogen) atoms. The number of carbonyl (C=O) groups is 1. The first-order valence-corrected chi connectivity index (χ1v) is 2.53. The molecule has 0 rings (SSSR count). The van der Waals surface area contributed by atoms with E-state index in [2.05, 4.69) is 12.4 Å². The summed E-state index contributed by atoms with van der Waals surface area (Å²) in [4.78, 5) is 12.0. The van der Waals surface area contributed by atoms with Gasteiger partial charge in [0.15, 0.2) is 0 Å². The summed E-state index contributed by atoms with van der Waals surface area (Å²) in [6.07, 6.45) is 0.219. The van der Waals surface area contributed by atoms with Gasteiger partial charge in [0, 0.05) is 39.8 Å². The van der Waals surface area contributed by atoms with Crippen molar-refractivity contribution in [2.75, 3.05) is 13.5 Å². The Morgan fingerprint density at radius 1 is 1.90 bits per heavy atom. The fraction of sp³-hybridized carbons (Fsp3) is 0.400. The van der Waals surface area contributed by atoms with Crippen molar-refractivity contribution in [1.29, 1.82) is 0 Å². The maximum absolute atomic E-state index is 10.7. The van der Waals surface area contributed by atoms with E-state index in [9.17, 15) is 4.79 Å². The Labute approximate surface area is 88.2 Å². The molecule has 0 aromatic heterocycles. The molecule has 0 aliphatic heterocycles. The Morgan fingerprint density at radius 3 is 2.70 bits per heavy atom. The predicted molar refractivity (Wildman–Crippen MR) is 36.2 cm³/mol. The van der Waals surface area contributed by atoms with Crippen LogP contribution in [-0.2, 0) is 37.5 Å². The third-order valence-corrected chi connectivity index (χ3v) is 0.876. The SMILES string of the molecule is [B]CN(C)C(=O)[CH-]N[CH2-].[Y]. The van der Waals surface area contributed by atoms with E-state index < -0.39 is 0 Å². The number of likely N-dealkylation sites (N-methyl/N-ethyl adjacent to an activating group) is 1. The zero-order valence-corrected chi connectivity index (χ0v) is 8.84. The summed E-state index contributed by atoms with van der Waals surface area (Å²) in [7, 11) is 10.00. The third-order valence-electron chi connectivity index (χ3n) is 0.876. The summed E-state index contributed by atoms with van der Waals surface area (Å²) in [6, 6.07) is 0. The summed E-state index contributed by atoms with van der Waals surface area (Å²) in [5.41, 5.74) is 0. The average Bonchev–Trinajstić information content (AvgIpc) is 1.87. The van der Waals surface area contributed by atoms with Crippen LogP contribution >= 0.6 is 0 Å². The fourth-order valence-corrected chi connectivity index (χ4v) is 0.287. The number of nitrogens with one attached hydrogen (secondary N) is 1. The van der Waals surface area contributed by atoms with E-state index in [0.29, 0.717) is 0 Å². The molecular weight excluding hydrogens is 204 g/mol. The third kappa shape index (κ3) is 5.27. The van der Waals surface area contributed by atoms with Gasteiger partial charge < -0.3 is 22.1 Å². The first-order chi connectivity index (χ1) is 4.22. The minimum absolute atomic E-state index is 0. The van der Waals surface area contributed by atoms with Crippen molar-refractivity contribution in [3.63, 3.8) is 0 Å². The molecule has 0 spiro atoms. The molecule has 0 bridgehead atoms. The summed E-state index contributed by atoms with van der Waals surface area (Å²) < 4.78 is 0. The van der Waals surface area contributed by atoms with Crippen molar-refractivity contribution >= 4 is 13.8 Å². The smallest absolute Gasteiger partial charge is 0.0945 e. The molecule has 0 aromatic rings. The van der Waals surface area contributed by atoms with Crippen LogP contribution in [0.15, 0.2) is 0 Å². The van der Waals surface area contributed by atoms with E-state index >= 15 is 0 Å². The van der Waals surface area contributed by atoms with E-state index in [4.69, 9.17) is 7.85 Å². The fourth-order valence-electron chi connectivity index (χ4n) is 0.287. The predicted octanol–water partition coefficient (Wildman–Crippen LogP) is -0.889. The van der Waals surface area contributed by atoms with Crippen molar-refractivity contribution in [1.82, 2.24) is 10.2 Å². The minimum atomic E-state index is -0.174. The van der Waals surface area contributed by atoms with Gasteiger partial charge in [-0.3, -0.25) is 6.54 Å². The molecule has 3 nitrogen and oxygen atoms in total. The van der Waals surface area contributed by atoms with Crippen molar-refractivity contribution in [3.05, 3.63) is 13.6 Å². The first-order valence-electron chi connectivity index (χ1n) is 2.53. The van der Waals surface area contributed by atoms with Gasteiger partial charge in [-0.1, -0.05) is 0 Å². The quantitative estimate of drug-likeness (QED) is 0.487. The summed E-state index contributed by atoms with van der Waals surface area (Å²) in [5.74, 6) is -0.174. The van der Waals surface area contributed by atoms with Crippen LogP contribution in [0.4, 0.5) is 0 Å². The van der Waals surface area contributed by atoms with Crippen LogP contribution in [-0.4, -0.2) is 32.1 Å². The van der Waals surface area contributed by atoms with Gasteiger partial charge in [-0.25, -0.2) is 0 Å². The van der Waals surface area contributed by atoms with Gasteiger partial charge in [0.1, 0.15) is 0 Å². The van der Waals surface area contributed by atoms with Crippen molar-refractivity contribution in [3.8, 4) is 0 Å². The van der Waals surface area contributed by atoms with E-state index in [1.165, 1.54) is 11.4 Å². The molecule has 53 valence electrons. The molecule has 0 heterocycles. The molecular formula is C5H9BN2OY-2. The maximum atomic E-state index is 10.7. The van der Waals surface area contributed by atoms with E-state index in [0.717, 1.165) is 0 Å². The Morgan fingerprint density at radius 2 is 2.40 bits per heavy atom. The van der Waals surface area contributed by atoms with Gasteiger partial charge >= 0.3 is 0 Å². The maximum Gasteiger partial charge on any atom is 0.0945 e. The van der Waals surface area contributed by atoms with Crippen molar-refractivity contribution in [2.45, 2.75) is 0 Å². The van der Waals surface area contributed by atoms with Crippen LogP contribution in [0.1, 0.15) is 0 Å². The van der Waals surface area contributed by atoms with Gasteiger partial charge in [-0.15, -0.1) is 0 Å². The first kappa shape index (κ1) is 13.1. The van der Waals surface area contributed by atoms with Crippen LogP contribution in [0.25, 0.3) is 0 Å².